The molecule has 0 aliphatic heterocycles. The molecule has 0 aliphatic rings. The summed E-state index contributed by atoms with van der Waals surface area (Å²) in [4.78, 5) is 23.6. The van der Waals surface area contributed by atoms with Gasteiger partial charge in [0.1, 0.15) is 5.56 Å². The fourth-order valence-electron chi connectivity index (χ4n) is 1.92. The number of phenolic OH excluding ortho intramolecular Hbond substituents is 1. The third-order valence-corrected chi connectivity index (χ3v) is 3.10. The summed E-state index contributed by atoms with van der Waals surface area (Å²) < 4.78 is 22.9. The van der Waals surface area contributed by atoms with E-state index in [1.807, 2.05) is 0 Å². The lowest BCUT2D eigenvalue weighted by Crippen LogP contribution is -2.13. The van der Waals surface area contributed by atoms with E-state index in [0.29, 0.717) is 0 Å². The Morgan fingerprint density at radius 1 is 1.17 bits per heavy atom. The number of benzene rings is 2. The van der Waals surface area contributed by atoms with Crippen LogP contribution in [0.3, 0.4) is 0 Å². The molecule has 2 aromatic rings. The van der Waals surface area contributed by atoms with E-state index in [-0.39, 0.29) is 22.6 Å². The number of carbonyl (C=O) groups is 2. The number of aromatic hydroxyl groups is 1. The first-order valence-corrected chi connectivity index (χ1v) is 6.53. The van der Waals surface area contributed by atoms with Crippen molar-refractivity contribution in [2.75, 3.05) is 19.5 Å². The number of ether oxygens (including phenoxy) is 2. The molecule has 2 rings (SSSR count). The van der Waals surface area contributed by atoms with Crippen molar-refractivity contribution in [3.63, 3.8) is 0 Å². The zero-order valence-electron chi connectivity index (χ0n) is 12.4. The van der Waals surface area contributed by atoms with Gasteiger partial charge < -0.3 is 19.9 Å². The number of hydrogen-bond donors (Lipinski definition) is 2. The smallest absolute Gasteiger partial charge is 0.341 e. The first-order chi connectivity index (χ1) is 11.0. The summed E-state index contributed by atoms with van der Waals surface area (Å²) >= 11 is 0. The molecule has 0 aliphatic carbocycles. The first-order valence-electron chi connectivity index (χ1n) is 6.53. The lowest BCUT2D eigenvalue weighted by atomic mass is 10.1. The number of amides is 1. The van der Waals surface area contributed by atoms with Crippen molar-refractivity contribution in [1.82, 2.24) is 0 Å². The lowest BCUT2D eigenvalue weighted by Gasteiger charge is -2.10. The molecule has 0 bridgehead atoms. The average Bonchev–Trinajstić information content (AvgIpc) is 2.55. The van der Waals surface area contributed by atoms with Crippen molar-refractivity contribution in [3.05, 3.63) is 53.3 Å². The molecular formula is C16H14FNO5. The van der Waals surface area contributed by atoms with Gasteiger partial charge in [-0.3, -0.25) is 4.79 Å². The molecule has 0 aromatic heterocycles. The summed E-state index contributed by atoms with van der Waals surface area (Å²) in [6, 6.07) is 7.92. The van der Waals surface area contributed by atoms with E-state index in [9.17, 15) is 19.1 Å². The Labute approximate surface area is 131 Å². The minimum atomic E-state index is -0.742. The maximum atomic E-state index is 13.6. The summed E-state index contributed by atoms with van der Waals surface area (Å²) in [6.45, 7) is 0. The van der Waals surface area contributed by atoms with Gasteiger partial charge in [-0.1, -0.05) is 6.07 Å². The molecule has 120 valence electrons. The fraction of sp³-hybridized carbons (Fsp3) is 0.125. The molecule has 0 saturated carbocycles. The molecule has 7 heteroatoms. The Hall–Kier alpha value is -3.09. The van der Waals surface area contributed by atoms with Crippen LogP contribution < -0.4 is 10.1 Å². The van der Waals surface area contributed by atoms with Gasteiger partial charge in [0, 0.05) is 5.56 Å². The van der Waals surface area contributed by atoms with Gasteiger partial charge in [-0.05, 0) is 30.3 Å². The first kappa shape index (κ1) is 16.3. The number of methoxy groups -OCH3 is 2. The third kappa shape index (κ3) is 3.39. The van der Waals surface area contributed by atoms with E-state index >= 15 is 0 Å². The molecular weight excluding hydrogens is 305 g/mol. The molecule has 0 heterocycles. The van der Waals surface area contributed by atoms with Crippen LogP contribution in [-0.4, -0.2) is 31.2 Å². The molecule has 0 spiro atoms. The second-order valence-electron chi connectivity index (χ2n) is 4.50. The largest absolute Gasteiger partial charge is 0.505 e. The average molecular weight is 319 g/mol. The number of rotatable bonds is 4. The van der Waals surface area contributed by atoms with Gasteiger partial charge in [0.15, 0.2) is 17.3 Å². The van der Waals surface area contributed by atoms with Crippen LogP contribution in [0.4, 0.5) is 10.1 Å². The monoisotopic (exact) mass is 319 g/mol. The molecule has 0 fully saturated rings. The molecule has 6 nitrogen and oxygen atoms in total. The maximum Gasteiger partial charge on any atom is 0.341 e. The molecule has 1 amide bonds. The van der Waals surface area contributed by atoms with Crippen molar-refractivity contribution in [2.24, 2.45) is 0 Å². The number of hydrogen-bond acceptors (Lipinski definition) is 5. The highest BCUT2D eigenvalue weighted by Crippen LogP contribution is 2.28. The summed E-state index contributed by atoms with van der Waals surface area (Å²) in [6.07, 6.45) is 0. The van der Waals surface area contributed by atoms with Gasteiger partial charge in [0.05, 0.1) is 19.9 Å². The van der Waals surface area contributed by atoms with E-state index < -0.39 is 23.4 Å². The van der Waals surface area contributed by atoms with Crippen LogP contribution in [0.25, 0.3) is 0 Å². The highest BCUT2D eigenvalue weighted by molar-refractivity contribution is 6.06. The van der Waals surface area contributed by atoms with E-state index in [1.54, 1.807) is 0 Å². The van der Waals surface area contributed by atoms with Crippen LogP contribution >= 0.6 is 0 Å². The van der Waals surface area contributed by atoms with Crippen molar-refractivity contribution < 1.29 is 28.6 Å². The van der Waals surface area contributed by atoms with Crippen molar-refractivity contribution in [1.29, 1.82) is 0 Å². The molecule has 0 radical (unpaired) electrons. The van der Waals surface area contributed by atoms with Crippen molar-refractivity contribution >= 4 is 17.6 Å². The lowest BCUT2D eigenvalue weighted by molar-refractivity contribution is 0.0597. The van der Waals surface area contributed by atoms with Crippen molar-refractivity contribution in [3.8, 4) is 11.5 Å². The Balaban J connectivity index is 2.27. The number of carbonyl (C=O) groups excluding carboxylic acids is 2. The Morgan fingerprint density at radius 3 is 2.52 bits per heavy atom. The zero-order chi connectivity index (χ0) is 17.0. The van der Waals surface area contributed by atoms with Gasteiger partial charge in [0.2, 0.25) is 0 Å². The number of halogens is 1. The van der Waals surface area contributed by atoms with Gasteiger partial charge in [-0.15, -0.1) is 0 Å². The Kier molecular flexibility index (Phi) is 4.80. The molecule has 0 saturated heterocycles. The van der Waals surface area contributed by atoms with Crippen LogP contribution in [0.5, 0.6) is 11.5 Å². The number of phenols is 1. The van der Waals surface area contributed by atoms with Crippen LogP contribution in [-0.2, 0) is 4.74 Å². The molecule has 23 heavy (non-hydrogen) atoms. The quantitative estimate of drug-likeness (QED) is 0.668. The minimum Gasteiger partial charge on any atom is -0.505 e. The Bertz CT molecular complexity index is 760. The molecule has 2 N–H and O–H groups in total. The van der Waals surface area contributed by atoms with Gasteiger partial charge in [-0.25, -0.2) is 9.18 Å². The summed E-state index contributed by atoms with van der Waals surface area (Å²) in [7, 11) is 2.49. The normalized spacial score (nSPS) is 10.0. The van der Waals surface area contributed by atoms with Crippen molar-refractivity contribution in [2.45, 2.75) is 0 Å². The summed E-state index contributed by atoms with van der Waals surface area (Å²) in [5.74, 6) is -2.50. The highest BCUT2D eigenvalue weighted by Gasteiger charge is 2.17. The summed E-state index contributed by atoms with van der Waals surface area (Å²) in [5, 5.41) is 12.4. The molecule has 0 atom stereocenters. The minimum absolute atomic E-state index is 0.00845. The van der Waals surface area contributed by atoms with Gasteiger partial charge in [-0.2, -0.15) is 0 Å². The van der Waals surface area contributed by atoms with Crippen LogP contribution in [0, 0.1) is 5.82 Å². The number of nitrogens with one attached hydrogen (secondary N) is 1. The SMILES string of the molecule is COC(=O)c1cccc(NC(=O)c2ccc(OC)c(F)c2)c1O. The van der Waals surface area contributed by atoms with Gasteiger partial charge in [0.25, 0.3) is 5.91 Å². The van der Waals surface area contributed by atoms with E-state index in [4.69, 9.17) is 4.74 Å². The fourth-order valence-corrected chi connectivity index (χ4v) is 1.92. The van der Waals surface area contributed by atoms with E-state index in [2.05, 4.69) is 10.1 Å². The predicted octanol–water partition coefficient (Wildman–Crippen LogP) is 2.58. The number of esters is 1. The zero-order valence-corrected chi connectivity index (χ0v) is 12.4. The standard InChI is InChI=1S/C16H14FNO5/c1-22-13-7-6-9(8-11(13)17)15(20)18-12-5-3-4-10(14(12)19)16(21)23-2/h3-8,19H,1-2H3,(H,18,20). The number of anilines is 1. The van der Waals surface area contributed by atoms with E-state index in [0.717, 1.165) is 6.07 Å². The van der Waals surface area contributed by atoms with Crippen LogP contribution in [0.1, 0.15) is 20.7 Å². The van der Waals surface area contributed by atoms with E-state index in [1.165, 1.54) is 44.6 Å². The topological polar surface area (TPSA) is 84.9 Å². The highest BCUT2D eigenvalue weighted by atomic mass is 19.1. The summed E-state index contributed by atoms with van der Waals surface area (Å²) in [5.41, 5.74) is -0.0495. The predicted molar refractivity (Wildman–Crippen MR) is 80.4 cm³/mol. The van der Waals surface area contributed by atoms with Crippen LogP contribution in [0.15, 0.2) is 36.4 Å². The Morgan fingerprint density at radius 2 is 1.91 bits per heavy atom. The maximum absolute atomic E-state index is 13.6. The second-order valence-corrected chi connectivity index (χ2v) is 4.50. The second kappa shape index (κ2) is 6.78. The third-order valence-electron chi connectivity index (χ3n) is 3.10. The number of para-hydroxylation sites is 1. The van der Waals surface area contributed by atoms with Gasteiger partial charge >= 0.3 is 5.97 Å². The van der Waals surface area contributed by atoms with Crippen LogP contribution in [0.2, 0.25) is 0 Å². The molecule has 2 aromatic carbocycles. The molecule has 0 unspecified atom stereocenters.